The van der Waals surface area contributed by atoms with Gasteiger partial charge in [-0.25, -0.2) is 21.8 Å². The van der Waals surface area contributed by atoms with Gasteiger partial charge in [0.1, 0.15) is 23.1 Å². The molecule has 172 valence electrons. The lowest BCUT2D eigenvalue weighted by atomic mass is 10.2. The number of halogens is 1. The van der Waals surface area contributed by atoms with Crippen LogP contribution in [0.25, 0.3) is 10.9 Å². The molecule has 0 radical (unpaired) electrons. The molecule has 2 aromatic heterocycles. The van der Waals surface area contributed by atoms with Gasteiger partial charge in [0.25, 0.3) is 10.0 Å². The Morgan fingerprint density at radius 3 is 2.61 bits per heavy atom. The summed E-state index contributed by atoms with van der Waals surface area (Å²) in [6, 6.07) is 11.8. The lowest BCUT2D eigenvalue weighted by Crippen LogP contribution is -2.12. The van der Waals surface area contributed by atoms with Gasteiger partial charge < -0.3 is 20.1 Å². The van der Waals surface area contributed by atoms with Crippen molar-refractivity contribution in [2.24, 2.45) is 0 Å². The number of methoxy groups -OCH3 is 2. The van der Waals surface area contributed by atoms with Gasteiger partial charge in [-0.15, -0.1) is 0 Å². The topological polar surface area (TPSA) is 94.5 Å². The van der Waals surface area contributed by atoms with Crippen molar-refractivity contribution in [3.05, 3.63) is 72.3 Å². The average Bonchev–Trinajstić information content (AvgIpc) is 3.18. The highest BCUT2D eigenvalue weighted by atomic mass is 32.2. The summed E-state index contributed by atoms with van der Waals surface area (Å²) in [6.45, 7) is 0.433. The van der Waals surface area contributed by atoms with E-state index in [-0.39, 0.29) is 4.90 Å². The Morgan fingerprint density at radius 1 is 1.09 bits per heavy atom. The molecule has 2 aromatic carbocycles. The minimum Gasteiger partial charge on any atom is -0.497 e. The first kappa shape index (κ1) is 22.6. The molecule has 0 saturated heterocycles. The van der Waals surface area contributed by atoms with E-state index in [2.05, 4.69) is 15.6 Å². The van der Waals surface area contributed by atoms with Crippen LogP contribution in [0.3, 0.4) is 0 Å². The van der Waals surface area contributed by atoms with Gasteiger partial charge in [0.15, 0.2) is 0 Å². The Morgan fingerprint density at radius 2 is 1.91 bits per heavy atom. The van der Waals surface area contributed by atoms with Crippen LogP contribution in [0.5, 0.6) is 11.5 Å². The largest absolute Gasteiger partial charge is 0.497 e. The van der Waals surface area contributed by atoms with Gasteiger partial charge in [-0.3, -0.25) is 0 Å². The maximum absolute atomic E-state index is 13.8. The standard InChI is InChI=1S/C23H23FN4O4S/c1-25-12-15-14-28(33(29,30)18-6-4-5-16(24)9-18)21-11-23(26-13-19(15)21)27-20-8-7-17(31-2)10-22(20)32-3/h4-11,13-14,25H,12H2,1-3H3,(H,26,27). The molecule has 8 nitrogen and oxygen atoms in total. The second-order valence-electron chi connectivity index (χ2n) is 7.22. The zero-order valence-electron chi connectivity index (χ0n) is 18.3. The number of hydrogen-bond donors (Lipinski definition) is 2. The van der Waals surface area contributed by atoms with Crippen LogP contribution in [0.2, 0.25) is 0 Å². The molecule has 0 amide bonds. The molecular weight excluding hydrogens is 447 g/mol. The van der Waals surface area contributed by atoms with Crippen molar-refractivity contribution in [2.75, 3.05) is 26.6 Å². The molecule has 2 N–H and O–H groups in total. The van der Waals surface area contributed by atoms with Crippen molar-refractivity contribution < 1.29 is 22.3 Å². The van der Waals surface area contributed by atoms with Gasteiger partial charge in [0.05, 0.1) is 30.3 Å². The van der Waals surface area contributed by atoms with Gasteiger partial charge in [-0.2, -0.15) is 0 Å². The number of pyridine rings is 1. The highest BCUT2D eigenvalue weighted by Gasteiger charge is 2.22. The number of aromatic nitrogens is 2. The van der Waals surface area contributed by atoms with E-state index in [1.165, 1.54) is 31.5 Å². The summed E-state index contributed by atoms with van der Waals surface area (Å²) < 4.78 is 52.3. The molecule has 33 heavy (non-hydrogen) atoms. The fourth-order valence-corrected chi connectivity index (χ4v) is 4.95. The van der Waals surface area contributed by atoms with Crippen molar-refractivity contribution in [2.45, 2.75) is 11.4 Å². The van der Waals surface area contributed by atoms with Crippen LogP contribution in [-0.4, -0.2) is 38.6 Å². The van der Waals surface area contributed by atoms with Gasteiger partial charge in [-0.05, 0) is 42.9 Å². The number of anilines is 2. The molecule has 4 aromatic rings. The predicted molar refractivity (Wildman–Crippen MR) is 124 cm³/mol. The van der Waals surface area contributed by atoms with Gasteiger partial charge in [0.2, 0.25) is 0 Å². The van der Waals surface area contributed by atoms with E-state index >= 15 is 0 Å². The molecule has 0 saturated carbocycles. The number of nitrogens with one attached hydrogen (secondary N) is 2. The molecule has 0 unspecified atom stereocenters. The smallest absolute Gasteiger partial charge is 0.268 e. The maximum atomic E-state index is 13.8. The summed E-state index contributed by atoms with van der Waals surface area (Å²) in [4.78, 5) is 4.31. The molecule has 0 spiro atoms. The van der Waals surface area contributed by atoms with Gasteiger partial charge >= 0.3 is 0 Å². The molecule has 10 heteroatoms. The second kappa shape index (κ2) is 9.08. The first-order valence-corrected chi connectivity index (χ1v) is 11.5. The third-order valence-corrected chi connectivity index (χ3v) is 6.80. The normalized spacial score (nSPS) is 11.5. The molecule has 0 fully saturated rings. The first-order chi connectivity index (χ1) is 15.9. The molecular formula is C23H23FN4O4S. The van der Waals surface area contributed by atoms with Gasteiger partial charge in [-0.1, -0.05) is 6.07 Å². The predicted octanol–water partition coefficient (Wildman–Crippen LogP) is 3.89. The first-order valence-electron chi connectivity index (χ1n) is 10.0. The van der Waals surface area contributed by atoms with Crippen molar-refractivity contribution in [3.63, 3.8) is 0 Å². The molecule has 2 heterocycles. The highest BCUT2D eigenvalue weighted by Crippen LogP contribution is 2.33. The van der Waals surface area contributed by atoms with Crippen LogP contribution in [0.1, 0.15) is 5.56 Å². The summed E-state index contributed by atoms with van der Waals surface area (Å²) in [6.07, 6.45) is 3.14. The Labute approximate surface area is 191 Å². The maximum Gasteiger partial charge on any atom is 0.268 e. The van der Waals surface area contributed by atoms with Crippen molar-refractivity contribution in [3.8, 4) is 11.5 Å². The lowest BCUT2D eigenvalue weighted by molar-refractivity contribution is 0.395. The van der Waals surface area contributed by atoms with E-state index in [1.807, 2.05) is 0 Å². The summed E-state index contributed by atoms with van der Waals surface area (Å²) in [5, 5.41) is 6.85. The zero-order chi connectivity index (χ0) is 23.6. The Bertz CT molecular complexity index is 1420. The van der Waals surface area contributed by atoms with Crippen LogP contribution in [-0.2, 0) is 16.6 Å². The number of rotatable bonds is 8. The second-order valence-corrected chi connectivity index (χ2v) is 9.04. The average molecular weight is 471 g/mol. The van der Waals surface area contributed by atoms with Crippen LogP contribution in [0.4, 0.5) is 15.9 Å². The van der Waals surface area contributed by atoms with E-state index in [0.29, 0.717) is 40.5 Å². The summed E-state index contributed by atoms with van der Waals surface area (Å²) in [7, 11) is 0.824. The molecule has 0 aliphatic rings. The van der Waals surface area contributed by atoms with Crippen LogP contribution in [0, 0.1) is 5.82 Å². The number of fused-ring (bicyclic) bond motifs is 1. The monoisotopic (exact) mass is 470 g/mol. The minimum atomic E-state index is -4.04. The van der Waals surface area contributed by atoms with Crippen LogP contribution >= 0.6 is 0 Å². The summed E-state index contributed by atoms with van der Waals surface area (Å²) in [5.41, 5.74) is 1.79. The van der Waals surface area contributed by atoms with Crippen LogP contribution in [0.15, 0.2) is 65.8 Å². The van der Waals surface area contributed by atoms with E-state index < -0.39 is 15.8 Å². The van der Waals surface area contributed by atoms with E-state index in [0.717, 1.165) is 15.6 Å². The fourth-order valence-electron chi connectivity index (χ4n) is 3.53. The summed E-state index contributed by atoms with van der Waals surface area (Å²) >= 11 is 0. The van der Waals surface area contributed by atoms with E-state index in [9.17, 15) is 12.8 Å². The summed E-state index contributed by atoms with van der Waals surface area (Å²) in [5.74, 6) is 0.955. The number of nitrogens with zero attached hydrogens (tertiary/aromatic N) is 2. The molecule has 0 atom stereocenters. The Kier molecular flexibility index (Phi) is 6.21. The third-order valence-electron chi connectivity index (χ3n) is 5.13. The zero-order valence-corrected chi connectivity index (χ0v) is 19.1. The van der Waals surface area contributed by atoms with Crippen molar-refractivity contribution >= 4 is 32.4 Å². The molecule has 0 aliphatic heterocycles. The Balaban J connectivity index is 1.83. The van der Waals surface area contributed by atoms with E-state index in [1.54, 1.807) is 44.6 Å². The van der Waals surface area contributed by atoms with Crippen molar-refractivity contribution in [1.29, 1.82) is 0 Å². The third kappa shape index (κ3) is 4.35. The van der Waals surface area contributed by atoms with Crippen LogP contribution < -0.4 is 20.1 Å². The SMILES string of the molecule is CNCc1cn(S(=O)(=O)c2cccc(F)c2)c2cc(Nc3ccc(OC)cc3OC)ncc12. The fraction of sp³-hybridized carbons (Fsp3) is 0.174. The van der Waals surface area contributed by atoms with Gasteiger partial charge in [0, 0.05) is 36.5 Å². The number of ether oxygens (including phenoxy) is 2. The highest BCUT2D eigenvalue weighted by molar-refractivity contribution is 7.90. The Hall–Kier alpha value is -3.63. The minimum absolute atomic E-state index is 0.140. The quantitative estimate of drug-likeness (QED) is 0.403. The molecule has 0 aliphatic carbocycles. The molecule has 0 bridgehead atoms. The van der Waals surface area contributed by atoms with E-state index in [4.69, 9.17) is 9.47 Å². The number of benzene rings is 2. The lowest BCUT2D eigenvalue weighted by Gasteiger charge is -2.13. The molecule has 4 rings (SSSR count). The number of hydrogen-bond acceptors (Lipinski definition) is 7. The van der Waals surface area contributed by atoms with Crippen molar-refractivity contribution in [1.82, 2.24) is 14.3 Å².